The van der Waals surface area contributed by atoms with Crippen molar-refractivity contribution in [2.75, 3.05) is 0 Å². The van der Waals surface area contributed by atoms with Gasteiger partial charge in [0.05, 0.1) is 6.85 Å². The number of aromatic nitrogens is 4. The summed E-state index contributed by atoms with van der Waals surface area (Å²) < 4.78 is 57.0. The molecule has 5 nitrogen and oxygen atoms in total. The Bertz CT molecular complexity index is 4390. The molecule has 3 heterocycles. The van der Waals surface area contributed by atoms with E-state index >= 15 is 0 Å². The number of pyridine rings is 1. The number of fused-ring (bicyclic) bond motifs is 7. The van der Waals surface area contributed by atoms with Crippen LogP contribution >= 0.6 is 0 Å². The number of nitrogens with zero attached hydrogens (tertiary/aromatic N) is 4. The molecule has 0 aliphatic heterocycles. The third-order valence-corrected chi connectivity index (χ3v) is 14.7. The van der Waals surface area contributed by atoms with E-state index in [2.05, 4.69) is 193 Å². The predicted molar refractivity (Wildman–Crippen MR) is 285 cm³/mol. The van der Waals surface area contributed by atoms with Crippen LogP contribution in [0.3, 0.4) is 0 Å². The van der Waals surface area contributed by atoms with Crippen molar-refractivity contribution in [2.45, 2.75) is 32.6 Å². The van der Waals surface area contributed by atoms with Gasteiger partial charge in [0, 0.05) is 6.20 Å². The Morgan fingerprint density at radius 3 is 2.07 bits per heavy atom. The molecule has 0 saturated heterocycles. The summed E-state index contributed by atoms with van der Waals surface area (Å²) in [4.78, 5) is 4.88. The Hall–Kier alpha value is -8.11. The Morgan fingerprint density at radius 2 is 1.28 bits per heavy atom. The molecule has 0 N–H and O–H groups in total. The summed E-state index contributed by atoms with van der Waals surface area (Å²) in [7, 11) is 0. The summed E-state index contributed by atoms with van der Waals surface area (Å²) in [6, 6.07) is 66.4. The summed E-state index contributed by atoms with van der Waals surface area (Å²) >= 11 is 2.48. The van der Waals surface area contributed by atoms with Crippen molar-refractivity contribution in [2.24, 2.45) is 0 Å². The zero-order valence-corrected chi connectivity index (χ0v) is 41.3. The summed E-state index contributed by atoms with van der Waals surface area (Å²) in [5.74, 6) is 1.65. The second kappa shape index (κ2) is 17.1. The molecule has 13 rings (SSSR count). The van der Waals surface area contributed by atoms with Gasteiger partial charge in [-0.15, -0.1) is 0 Å². The molecule has 9 aromatic carbocycles. The van der Waals surface area contributed by atoms with E-state index in [9.17, 15) is 0 Å². The van der Waals surface area contributed by atoms with Crippen molar-refractivity contribution in [3.8, 4) is 73.2 Å². The fourth-order valence-electron chi connectivity index (χ4n) is 10.3. The minimum absolute atomic E-state index is 0.142. The first-order valence-electron chi connectivity index (χ1n) is 26.2. The molecule has 1 aliphatic carbocycles. The summed E-state index contributed by atoms with van der Waals surface area (Å²) in [6.07, 6.45) is 2.65. The van der Waals surface area contributed by atoms with E-state index < -0.39 is 6.04 Å². The fraction of sp³-hybridized carbons (Fsp3) is 0.0769. The molecule has 0 fully saturated rings. The van der Waals surface area contributed by atoms with Gasteiger partial charge in [-0.05, 0) is 28.2 Å². The number of hydrogen-bond donors (Lipinski definition) is 0. The molecule has 0 bridgehead atoms. The number of rotatable bonds is 8. The van der Waals surface area contributed by atoms with Crippen LogP contribution in [-0.4, -0.2) is 18.7 Å². The van der Waals surface area contributed by atoms with Crippen molar-refractivity contribution in [1.29, 1.82) is 0 Å². The first kappa shape index (κ1) is 37.7. The minimum atomic E-state index is -0.428. The number of benzene rings is 9. The van der Waals surface area contributed by atoms with Crippen LogP contribution in [-0.2, 0) is 31.2 Å². The normalized spacial score (nSPS) is 13.2. The summed E-state index contributed by atoms with van der Waals surface area (Å²) in [5.41, 5.74) is 16.9. The van der Waals surface area contributed by atoms with Gasteiger partial charge in [-0.25, -0.2) is 0 Å². The van der Waals surface area contributed by atoms with Gasteiger partial charge in [-0.3, -0.25) is 0 Å². The van der Waals surface area contributed by atoms with Crippen LogP contribution in [0.2, 0.25) is 0 Å². The van der Waals surface area contributed by atoms with Gasteiger partial charge in [0.15, 0.2) is 0 Å². The van der Waals surface area contributed by atoms with Crippen LogP contribution in [0.4, 0.5) is 0 Å². The van der Waals surface area contributed by atoms with Gasteiger partial charge in [0.1, 0.15) is 0 Å². The first-order valence-corrected chi connectivity index (χ1v) is 24.8. The summed E-state index contributed by atoms with van der Waals surface area (Å²) in [5, 5.41) is 1.63. The van der Waals surface area contributed by atoms with E-state index in [0.29, 0.717) is 28.4 Å². The van der Waals surface area contributed by atoms with Crippen LogP contribution in [0.5, 0.6) is 11.5 Å². The number of para-hydroxylation sites is 2. The van der Waals surface area contributed by atoms with Crippen molar-refractivity contribution < 1.29 is 30.9 Å². The van der Waals surface area contributed by atoms with E-state index in [0.717, 1.165) is 71.2 Å². The Morgan fingerprint density at radius 1 is 0.563 bits per heavy atom. The first-order chi connectivity index (χ1) is 36.8. The molecule has 344 valence electrons. The second-order valence-electron chi connectivity index (χ2n) is 18.9. The molecule has 0 spiro atoms. The predicted octanol–water partition coefficient (Wildman–Crippen LogP) is 16.3. The Kier molecular flexibility index (Phi) is 9.08. The van der Waals surface area contributed by atoms with E-state index in [1.54, 1.807) is 0 Å². The van der Waals surface area contributed by atoms with Crippen LogP contribution in [0.1, 0.15) is 44.3 Å². The third kappa shape index (κ3) is 7.34. The molecule has 0 saturated carbocycles. The Labute approximate surface area is 431 Å². The number of imidazole rings is 1. The molecule has 1 aliphatic rings. The van der Waals surface area contributed by atoms with Crippen LogP contribution in [0, 0.1) is 15.9 Å². The van der Waals surface area contributed by atoms with Crippen molar-refractivity contribution in [1.82, 2.24) is 18.7 Å². The van der Waals surface area contributed by atoms with Crippen molar-refractivity contribution in [3.05, 3.63) is 245 Å². The van der Waals surface area contributed by atoms with E-state index in [-0.39, 0.29) is 35.1 Å². The molecular formula is C65H46N4OPt-2. The van der Waals surface area contributed by atoms with E-state index in [4.69, 9.17) is 16.6 Å². The van der Waals surface area contributed by atoms with Gasteiger partial charge in [0.25, 0.3) is 0 Å². The molecule has 71 heavy (non-hydrogen) atoms. The van der Waals surface area contributed by atoms with Crippen LogP contribution in [0.15, 0.2) is 212 Å². The van der Waals surface area contributed by atoms with E-state index in [1.165, 1.54) is 27.8 Å². The van der Waals surface area contributed by atoms with Gasteiger partial charge in [-0.1, -0.05) is 57.0 Å². The zero-order valence-electron chi connectivity index (χ0n) is 44.0. The maximum atomic E-state index is 8.77. The minimum Gasteiger partial charge on any atom is -0.0617 e. The number of hydrogen-bond acceptors (Lipinski definition) is 2. The molecule has 0 amide bonds. The third-order valence-electron chi connectivity index (χ3n) is 13.7. The molecule has 0 radical (unpaired) electrons. The van der Waals surface area contributed by atoms with Gasteiger partial charge in [0.2, 0.25) is 0 Å². The van der Waals surface area contributed by atoms with Crippen LogP contribution in [0.25, 0.3) is 94.5 Å². The monoisotopic (exact) mass is 1100 g/mol. The van der Waals surface area contributed by atoms with Crippen molar-refractivity contribution in [3.63, 3.8) is 0 Å². The van der Waals surface area contributed by atoms with Gasteiger partial charge < -0.3 is 0 Å². The quantitative estimate of drug-likeness (QED) is 0.142. The van der Waals surface area contributed by atoms with Gasteiger partial charge in [-0.2, -0.15) is 0 Å². The zero-order chi connectivity index (χ0) is 52.1. The smallest absolute Gasteiger partial charge is 0.0617 e. The average Bonchev–Trinajstić information content (AvgIpc) is 4.24. The molecule has 6 heteroatoms. The fourth-order valence-corrected chi connectivity index (χ4v) is 11.4. The maximum absolute atomic E-state index is 8.77. The molecular weight excluding hydrogens is 1050 g/mol. The standard InChI is InChI=1S/C65H46N4O.Pt/c1-65(2,3)48-34-35-66-62(38-48)69-58-33-30-46(43-18-7-4-8-19-43)36-56(58)53-32-31-51(40-61(53)69)70-50-26-17-25-49(39-50)67-42-68(60-29-16-15-28-59(60)67)64-54(44-20-9-5-10-21-44)41-55-52-27-14-13-24-47(52)37-57(55)63(64)45-22-11-6-12-23-45;/h4-36,38,41H,37H2,1-3H3;/q-2;/i4D,7D,8D,18D,19D;. The van der Waals surface area contributed by atoms with E-state index in [1.807, 2.05) is 54.7 Å². The van der Waals surface area contributed by atoms with Crippen molar-refractivity contribution >= 4 is 32.8 Å². The topological polar surface area (TPSA) is 36.9 Å². The molecule has 12 aromatic rings. The second-order valence-corrected chi connectivity index (χ2v) is 20.0. The molecule has 3 aromatic heterocycles. The van der Waals surface area contributed by atoms with Crippen LogP contribution < -0.4 is 4.74 Å². The molecule has 0 unspecified atom stereocenters. The average molecular weight is 1100 g/mol. The Balaban J connectivity index is 0.968. The SMILES string of the molecule is [2H]c1c([2H])c([2H])c(-c2ccc3c(c2)c2ccc(Oc4[c-]c(-n5[c](=[Pt])n(-c6c(-c7ccccc7)cc7c(c6-c6ccccc6)Cc6ccccc6-7)c6ccccc65)ccc4)[c-]c2n3-c2cc(C(C)(C)C)ccn2)c([2H])c1[2H]. The number of ether oxygens (including phenoxy) is 1. The van der Waals surface area contributed by atoms with Gasteiger partial charge >= 0.3 is 335 Å². The molecule has 0 atom stereocenters. The summed E-state index contributed by atoms with van der Waals surface area (Å²) in [6.45, 7) is 6.50.